The standard InChI is InChI=1S/C20H24N2O/c1-21-14-15-22(16-19(21)18-10-6-3-7-11-18)20(23)13-12-17-8-4-2-5-9-17/h2-11,19H,12-16H2,1H3. The van der Waals surface area contributed by atoms with Crippen molar-refractivity contribution in [2.45, 2.75) is 18.9 Å². The highest BCUT2D eigenvalue weighted by molar-refractivity contribution is 5.76. The van der Waals surface area contributed by atoms with Gasteiger partial charge in [-0.15, -0.1) is 0 Å². The highest BCUT2D eigenvalue weighted by Gasteiger charge is 2.27. The van der Waals surface area contributed by atoms with Crippen molar-refractivity contribution in [2.75, 3.05) is 26.7 Å². The third kappa shape index (κ3) is 3.99. The van der Waals surface area contributed by atoms with Gasteiger partial charge in [0, 0.05) is 26.1 Å². The van der Waals surface area contributed by atoms with Gasteiger partial charge in [0.25, 0.3) is 0 Å². The van der Waals surface area contributed by atoms with Crippen LogP contribution in [0.3, 0.4) is 0 Å². The second-order valence-corrected chi connectivity index (χ2v) is 6.23. The second-order valence-electron chi connectivity index (χ2n) is 6.23. The number of aryl methyl sites for hydroxylation is 1. The van der Waals surface area contributed by atoms with Crippen molar-refractivity contribution < 1.29 is 4.79 Å². The molecule has 120 valence electrons. The van der Waals surface area contributed by atoms with Gasteiger partial charge < -0.3 is 4.90 Å². The number of piperazine rings is 1. The van der Waals surface area contributed by atoms with E-state index >= 15 is 0 Å². The fourth-order valence-electron chi connectivity index (χ4n) is 3.19. The van der Waals surface area contributed by atoms with Crippen LogP contribution in [0.2, 0.25) is 0 Å². The number of carbonyl (C=O) groups is 1. The fraction of sp³-hybridized carbons (Fsp3) is 0.350. The van der Waals surface area contributed by atoms with Crippen molar-refractivity contribution in [1.82, 2.24) is 9.80 Å². The summed E-state index contributed by atoms with van der Waals surface area (Å²) in [7, 11) is 2.14. The highest BCUT2D eigenvalue weighted by Crippen LogP contribution is 2.24. The Labute approximate surface area is 138 Å². The van der Waals surface area contributed by atoms with Crippen molar-refractivity contribution >= 4 is 5.91 Å². The second kappa shape index (κ2) is 7.42. The molecule has 3 heteroatoms. The minimum atomic E-state index is 0.267. The molecule has 0 aliphatic carbocycles. The van der Waals surface area contributed by atoms with Gasteiger partial charge >= 0.3 is 0 Å². The first-order valence-corrected chi connectivity index (χ1v) is 8.31. The minimum Gasteiger partial charge on any atom is -0.339 e. The van der Waals surface area contributed by atoms with Crippen LogP contribution >= 0.6 is 0 Å². The minimum absolute atomic E-state index is 0.267. The van der Waals surface area contributed by atoms with Crippen LogP contribution in [0.4, 0.5) is 0 Å². The van der Waals surface area contributed by atoms with Crippen LogP contribution in [0.1, 0.15) is 23.6 Å². The van der Waals surface area contributed by atoms with Crippen LogP contribution in [0, 0.1) is 0 Å². The lowest BCUT2D eigenvalue weighted by molar-refractivity contribution is -0.134. The molecule has 0 saturated carbocycles. The molecule has 1 unspecified atom stereocenters. The highest BCUT2D eigenvalue weighted by atomic mass is 16.2. The van der Waals surface area contributed by atoms with E-state index in [0.717, 1.165) is 26.1 Å². The summed E-state index contributed by atoms with van der Waals surface area (Å²) in [6.07, 6.45) is 1.41. The average Bonchev–Trinajstić information content (AvgIpc) is 2.62. The first-order valence-electron chi connectivity index (χ1n) is 8.31. The van der Waals surface area contributed by atoms with E-state index in [1.54, 1.807) is 0 Å². The first-order chi connectivity index (χ1) is 11.2. The van der Waals surface area contributed by atoms with E-state index in [-0.39, 0.29) is 5.91 Å². The summed E-state index contributed by atoms with van der Waals surface area (Å²) < 4.78 is 0. The van der Waals surface area contributed by atoms with Crippen LogP contribution in [0.15, 0.2) is 60.7 Å². The van der Waals surface area contributed by atoms with Crippen molar-refractivity contribution in [3.05, 3.63) is 71.8 Å². The average molecular weight is 308 g/mol. The number of likely N-dealkylation sites (N-methyl/N-ethyl adjacent to an activating group) is 1. The van der Waals surface area contributed by atoms with Gasteiger partial charge in [-0.3, -0.25) is 9.69 Å². The maximum absolute atomic E-state index is 12.6. The monoisotopic (exact) mass is 308 g/mol. The van der Waals surface area contributed by atoms with E-state index < -0.39 is 0 Å². The summed E-state index contributed by atoms with van der Waals surface area (Å²) in [5.74, 6) is 0.267. The van der Waals surface area contributed by atoms with Gasteiger partial charge in [0.05, 0.1) is 6.04 Å². The van der Waals surface area contributed by atoms with Gasteiger partial charge in [-0.25, -0.2) is 0 Å². The van der Waals surface area contributed by atoms with Crippen molar-refractivity contribution in [3.63, 3.8) is 0 Å². The van der Waals surface area contributed by atoms with Crippen molar-refractivity contribution in [1.29, 1.82) is 0 Å². The molecule has 0 N–H and O–H groups in total. The fourth-order valence-corrected chi connectivity index (χ4v) is 3.19. The van der Waals surface area contributed by atoms with E-state index in [0.29, 0.717) is 12.5 Å². The van der Waals surface area contributed by atoms with Gasteiger partial charge in [0.2, 0.25) is 5.91 Å². The SMILES string of the molecule is CN1CCN(C(=O)CCc2ccccc2)CC1c1ccccc1. The Balaban J connectivity index is 1.60. The normalized spacial score (nSPS) is 18.8. The van der Waals surface area contributed by atoms with Gasteiger partial charge in [-0.2, -0.15) is 0 Å². The molecule has 1 saturated heterocycles. The lowest BCUT2D eigenvalue weighted by Gasteiger charge is -2.39. The lowest BCUT2D eigenvalue weighted by Crippen LogP contribution is -2.49. The van der Waals surface area contributed by atoms with E-state index in [4.69, 9.17) is 0 Å². The third-order valence-corrected chi connectivity index (χ3v) is 4.66. The Kier molecular flexibility index (Phi) is 5.09. The van der Waals surface area contributed by atoms with Crippen LogP contribution in [-0.2, 0) is 11.2 Å². The van der Waals surface area contributed by atoms with Crippen LogP contribution < -0.4 is 0 Å². The molecular weight excluding hydrogens is 284 g/mol. The molecule has 0 radical (unpaired) electrons. The van der Waals surface area contributed by atoms with Crippen molar-refractivity contribution in [3.8, 4) is 0 Å². The Morgan fingerprint density at radius 3 is 2.35 bits per heavy atom. The number of carbonyl (C=O) groups excluding carboxylic acids is 1. The van der Waals surface area contributed by atoms with E-state index in [2.05, 4.69) is 48.3 Å². The zero-order chi connectivity index (χ0) is 16.1. The predicted molar refractivity (Wildman–Crippen MR) is 93.2 cm³/mol. The van der Waals surface area contributed by atoms with Gasteiger partial charge in [-0.1, -0.05) is 60.7 Å². The number of benzene rings is 2. The summed E-state index contributed by atoms with van der Waals surface area (Å²) in [5, 5.41) is 0. The van der Waals surface area contributed by atoms with E-state index in [1.807, 2.05) is 29.2 Å². The summed E-state index contributed by atoms with van der Waals surface area (Å²) in [6.45, 7) is 2.54. The summed E-state index contributed by atoms with van der Waals surface area (Å²) in [4.78, 5) is 16.9. The molecule has 1 aliphatic heterocycles. The number of hydrogen-bond acceptors (Lipinski definition) is 2. The molecule has 0 bridgehead atoms. The topological polar surface area (TPSA) is 23.6 Å². The number of hydrogen-bond donors (Lipinski definition) is 0. The summed E-state index contributed by atoms with van der Waals surface area (Å²) in [6, 6.07) is 21.0. The van der Waals surface area contributed by atoms with Gasteiger partial charge in [0.1, 0.15) is 0 Å². The molecule has 2 aromatic rings. The molecule has 1 aliphatic rings. The molecule has 2 aromatic carbocycles. The van der Waals surface area contributed by atoms with Crippen LogP contribution in [-0.4, -0.2) is 42.4 Å². The Morgan fingerprint density at radius 1 is 1.00 bits per heavy atom. The molecule has 23 heavy (non-hydrogen) atoms. The predicted octanol–water partition coefficient (Wildman–Crippen LogP) is 3.13. The Bertz CT molecular complexity index is 627. The molecule has 0 aromatic heterocycles. The lowest BCUT2D eigenvalue weighted by atomic mass is 10.0. The van der Waals surface area contributed by atoms with Gasteiger partial charge in [0.15, 0.2) is 0 Å². The Morgan fingerprint density at radius 2 is 1.65 bits per heavy atom. The molecular formula is C20H24N2O. The zero-order valence-electron chi connectivity index (χ0n) is 13.7. The maximum atomic E-state index is 12.6. The van der Waals surface area contributed by atoms with E-state index in [9.17, 15) is 4.79 Å². The van der Waals surface area contributed by atoms with Crippen molar-refractivity contribution in [2.24, 2.45) is 0 Å². The third-order valence-electron chi connectivity index (χ3n) is 4.66. The molecule has 1 fully saturated rings. The first kappa shape index (κ1) is 15.8. The maximum Gasteiger partial charge on any atom is 0.223 e. The summed E-state index contributed by atoms with van der Waals surface area (Å²) in [5.41, 5.74) is 2.52. The quantitative estimate of drug-likeness (QED) is 0.866. The molecule has 3 nitrogen and oxygen atoms in total. The van der Waals surface area contributed by atoms with E-state index in [1.165, 1.54) is 11.1 Å². The molecule has 3 rings (SSSR count). The Hall–Kier alpha value is -2.13. The number of nitrogens with zero attached hydrogens (tertiary/aromatic N) is 2. The van der Waals surface area contributed by atoms with Gasteiger partial charge in [-0.05, 0) is 24.6 Å². The summed E-state index contributed by atoms with van der Waals surface area (Å²) >= 11 is 0. The zero-order valence-corrected chi connectivity index (χ0v) is 13.7. The largest absolute Gasteiger partial charge is 0.339 e. The smallest absolute Gasteiger partial charge is 0.223 e. The molecule has 1 heterocycles. The van der Waals surface area contributed by atoms with Crippen LogP contribution in [0.25, 0.3) is 0 Å². The molecule has 1 amide bonds. The molecule has 0 spiro atoms. The number of rotatable bonds is 4. The number of amides is 1. The molecule has 1 atom stereocenters. The van der Waals surface area contributed by atoms with Crippen LogP contribution in [0.5, 0.6) is 0 Å².